The zero-order chi connectivity index (χ0) is 17.7. The van der Waals surface area contributed by atoms with Gasteiger partial charge in [0.05, 0.1) is 0 Å². The molecule has 4 heteroatoms. The summed E-state index contributed by atoms with van der Waals surface area (Å²) in [7, 11) is 0. The Hall–Kier alpha value is -2.36. The second-order valence-electron chi connectivity index (χ2n) is 6.18. The van der Waals surface area contributed by atoms with Gasteiger partial charge in [0.2, 0.25) is 0 Å². The lowest BCUT2D eigenvalue weighted by Crippen LogP contribution is -2.39. The molecule has 2 aromatic rings. The fourth-order valence-corrected chi connectivity index (χ4v) is 2.95. The van der Waals surface area contributed by atoms with Crippen LogP contribution in [0.15, 0.2) is 36.4 Å². The molecule has 0 saturated carbocycles. The van der Waals surface area contributed by atoms with Gasteiger partial charge in [-0.2, -0.15) is 0 Å². The smallest absolute Gasteiger partial charge is 0.317 e. The van der Waals surface area contributed by atoms with Crippen molar-refractivity contribution in [3.63, 3.8) is 0 Å². The molecule has 0 saturated heterocycles. The molecule has 0 aliphatic heterocycles. The van der Waals surface area contributed by atoms with Crippen LogP contribution >= 0.6 is 0 Å². The number of hydrogen-bond acceptors (Lipinski definition) is 1. The number of halogens is 1. The minimum absolute atomic E-state index is 0.138. The van der Waals surface area contributed by atoms with Crippen LogP contribution in [0.3, 0.4) is 0 Å². The Morgan fingerprint density at radius 1 is 1.12 bits per heavy atom. The Morgan fingerprint density at radius 2 is 1.79 bits per heavy atom. The molecule has 2 amide bonds. The predicted octanol–water partition coefficient (Wildman–Crippen LogP) is 4.48. The number of carbonyl (C=O) groups excluding carboxylic acids is 1. The molecule has 0 atom stereocenters. The maximum absolute atomic E-state index is 13.3. The quantitative estimate of drug-likeness (QED) is 0.862. The van der Waals surface area contributed by atoms with E-state index in [1.807, 2.05) is 13.0 Å². The molecule has 2 rings (SSSR count). The molecule has 0 aliphatic carbocycles. The molecule has 0 unspecified atom stereocenters. The Morgan fingerprint density at radius 3 is 2.38 bits per heavy atom. The normalized spacial score (nSPS) is 10.5. The monoisotopic (exact) mass is 328 g/mol. The lowest BCUT2D eigenvalue weighted by atomic mass is 10.00. The highest BCUT2D eigenvalue weighted by molar-refractivity contribution is 5.74. The van der Waals surface area contributed by atoms with Crippen molar-refractivity contribution in [2.75, 3.05) is 6.54 Å². The van der Waals surface area contributed by atoms with Crippen molar-refractivity contribution < 1.29 is 9.18 Å². The van der Waals surface area contributed by atoms with E-state index in [1.54, 1.807) is 11.0 Å². The summed E-state index contributed by atoms with van der Waals surface area (Å²) in [4.78, 5) is 14.1. The van der Waals surface area contributed by atoms with Gasteiger partial charge in [0.25, 0.3) is 0 Å². The maximum atomic E-state index is 13.3. The number of carbonyl (C=O) groups is 1. The van der Waals surface area contributed by atoms with Crippen molar-refractivity contribution in [1.82, 2.24) is 10.2 Å². The molecule has 0 radical (unpaired) electrons. The van der Waals surface area contributed by atoms with Gasteiger partial charge in [-0.1, -0.05) is 29.8 Å². The van der Waals surface area contributed by atoms with E-state index in [-0.39, 0.29) is 11.8 Å². The number of rotatable bonds is 5. The fourth-order valence-electron chi connectivity index (χ4n) is 2.95. The van der Waals surface area contributed by atoms with Gasteiger partial charge in [-0.25, -0.2) is 9.18 Å². The standard InChI is InChI=1S/C20H25FN2O/c1-5-23(13-17-7-6-8-18(21)11-17)20(24)22-12-19-15(3)9-14(2)10-16(19)4/h6-11H,5,12-13H2,1-4H3,(H,22,24). The first-order valence-corrected chi connectivity index (χ1v) is 8.24. The SMILES string of the molecule is CCN(Cc1cccc(F)c1)C(=O)NCc1c(C)cc(C)cc1C. The molecule has 0 aromatic heterocycles. The molecule has 0 bridgehead atoms. The summed E-state index contributed by atoms with van der Waals surface area (Å²) in [6.07, 6.45) is 0. The van der Waals surface area contributed by atoms with Crippen molar-refractivity contribution in [2.45, 2.75) is 40.8 Å². The largest absolute Gasteiger partial charge is 0.334 e. The van der Waals surface area contributed by atoms with Crippen LogP contribution < -0.4 is 5.32 Å². The zero-order valence-corrected chi connectivity index (χ0v) is 14.8. The summed E-state index contributed by atoms with van der Waals surface area (Å²) in [5.74, 6) is -0.283. The molecule has 0 fully saturated rings. The van der Waals surface area contributed by atoms with E-state index in [2.05, 4.69) is 38.2 Å². The van der Waals surface area contributed by atoms with Crippen molar-refractivity contribution in [1.29, 1.82) is 0 Å². The molecule has 2 aromatic carbocycles. The van der Waals surface area contributed by atoms with Gasteiger partial charge in [0.1, 0.15) is 5.82 Å². The number of nitrogens with zero attached hydrogens (tertiary/aromatic N) is 1. The van der Waals surface area contributed by atoms with Crippen LogP contribution in [0, 0.1) is 26.6 Å². The Bertz CT molecular complexity index is 704. The molecule has 0 heterocycles. The third kappa shape index (κ3) is 4.57. The third-order valence-electron chi connectivity index (χ3n) is 4.19. The summed E-state index contributed by atoms with van der Waals surface area (Å²) in [5, 5.41) is 2.98. The number of urea groups is 1. The molecule has 1 N–H and O–H groups in total. The first-order chi connectivity index (χ1) is 11.4. The minimum Gasteiger partial charge on any atom is -0.334 e. The van der Waals surface area contributed by atoms with Crippen molar-refractivity contribution in [3.8, 4) is 0 Å². The van der Waals surface area contributed by atoms with Crippen LogP contribution in [0.2, 0.25) is 0 Å². The summed E-state index contributed by atoms with van der Waals surface area (Å²) < 4.78 is 13.3. The molecule has 0 spiro atoms. The maximum Gasteiger partial charge on any atom is 0.317 e. The van der Waals surface area contributed by atoms with Crippen LogP contribution in [-0.2, 0) is 13.1 Å². The van der Waals surface area contributed by atoms with E-state index in [1.165, 1.54) is 28.8 Å². The predicted molar refractivity (Wildman–Crippen MR) is 95.4 cm³/mol. The Labute approximate surface area is 143 Å². The van der Waals surface area contributed by atoms with Crippen molar-refractivity contribution in [3.05, 3.63) is 70.0 Å². The van der Waals surface area contributed by atoms with Gasteiger partial charge in [-0.15, -0.1) is 0 Å². The van der Waals surface area contributed by atoms with Crippen molar-refractivity contribution >= 4 is 6.03 Å². The first-order valence-electron chi connectivity index (χ1n) is 8.24. The minimum atomic E-state index is -0.283. The summed E-state index contributed by atoms with van der Waals surface area (Å²) in [6, 6.07) is 10.5. The lowest BCUT2D eigenvalue weighted by molar-refractivity contribution is 0.197. The van der Waals surface area contributed by atoms with Crippen LogP contribution in [0.5, 0.6) is 0 Å². The molecular formula is C20H25FN2O. The number of benzene rings is 2. The van der Waals surface area contributed by atoms with Crippen molar-refractivity contribution in [2.24, 2.45) is 0 Å². The molecular weight excluding hydrogens is 303 g/mol. The summed E-state index contributed by atoms with van der Waals surface area (Å²) >= 11 is 0. The Kier molecular flexibility index (Phi) is 5.96. The third-order valence-corrected chi connectivity index (χ3v) is 4.19. The van der Waals surface area contributed by atoms with Gasteiger partial charge >= 0.3 is 6.03 Å². The van der Waals surface area contributed by atoms with E-state index in [9.17, 15) is 9.18 Å². The first kappa shape index (κ1) is 18.0. The highest BCUT2D eigenvalue weighted by Gasteiger charge is 2.13. The molecule has 24 heavy (non-hydrogen) atoms. The topological polar surface area (TPSA) is 32.3 Å². The zero-order valence-electron chi connectivity index (χ0n) is 14.8. The van der Waals surface area contributed by atoms with Gasteiger partial charge < -0.3 is 10.2 Å². The van der Waals surface area contributed by atoms with E-state index >= 15 is 0 Å². The van der Waals surface area contributed by atoms with Crippen LogP contribution in [0.4, 0.5) is 9.18 Å². The number of aryl methyl sites for hydroxylation is 3. The van der Waals surface area contributed by atoms with Gasteiger partial charge in [-0.3, -0.25) is 0 Å². The molecule has 128 valence electrons. The van der Waals surface area contributed by atoms with Gasteiger partial charge in [0.15, 0.2) is 0 Å². The van der Waals surface area contributed by atoms with Crippen LogP contribution in [0.25, 0.3) is 0 Å². The molecule has 0 aliphatic rings. The second-order valence-corrected chi connectivity index (χ2v) is 6.18. The van der Waals surface area contributed by atoms with Crippen LogP contribution in [-0.4, -0.2) is 17.5 Å². The van der Waals surface area contributed by atoms with E-state index in [0.29, 0.717) is 19.6 Å². The number of amides is 2. The lowest BCUT2D eigenvalue weighted by Gasteiger charge is -2.22. The van der Waals surface area contributed by atoms with Gasteiger partial charge in [-0.05, 0) is 62.1 Å². The Balaban J connectivity index is 2.02. The fraction of sp³-hybridized carbons (Fsp3) is 0.350. The van der Waals surface area contributed by atoms with E-state index < -0.39 is 0 Å². The highest BCUT2D eigenvalue weighted by atomic mass is 19.1. The number of nitrogens with one attached hydrogen (secondary N) is 1. The summed E-state index contributed by atoms with van der Waals surface area (Å²) in [6.45, 7) is 9.57. The average molecular weight is 328 g/mol. The average Bonchev–Trinajstić information content (AvgIpc) is 2.51. The van der Waals surface area contributed by atoms with Gasteiger partial charge in [0, 0.05) is 19.6 Å². The summed E-state index contributed by atoms with van der Waals surface area (Å²) in [5.41, 5.74) is 5.52. The highest BCUT2D eigenvalue weighted by Crippen LogP contribution is 2.16. The van der Waals surface area contributed by atoms with E-state index in [4.69, 9.17) is 0 Å². The molecule has 3 nitrogen and oxygen atoms in total. The second kappa shape index (κ2) is 7.95. The van der Waals surface area contributed by atoms with E-state index in [0.717, 1.165) is 11.1 Å². The van der Waals surface area contributed by atoms with Crippen LogP contribution in [0.1, 0.15) is 34.7 Å². The number of hydrogen-bond donors (Lipinski definition) is 1.